The van der Waals surface area contributed by atoms with Gasteiger partial charge in [0.15, 0.2) is 0 Å². The lowest BCUT2D eigenvalue weighted by atomic mass is 10.2. The predicted molar refractivity (Wildman–Crippen MR) is 112 cm³/mol. The van der Waals surface area contributed by atoms with Crippen LogP contribution in [0.25, 0.3) is 0 Å². The first kappa shape index (κ1) is 22.0. The third kappa shape index (κ3) is 5.27. The molecule has 0 atom stereocenters. The average Bonchev–Trinajstić information content (AvgIpc) is 3.17. The molecular weight excluding hydrogens is 436 g/mol. The van der Waals surface area contributed by atoms with Crippen molar-refractivity contribution in [2.75, 3.05) is 24.2 Å². The molecule has 0 bridgehead atoms. The number of sulfonamides is 1. The van der Waals surface area contributed by atoms with Crippen LogP contribution in [0, 0.1) is 0 Å². The Bertz CT molecular complexity index is 973. The van der Waals surface area contributed by atoms with Crippen LogP contribution in [0.3, 0.4) is 0 Å². The van der Waals surface area contributed by atoms with E-state index in [1.165, 1.54) is 28.2 Å². The summed E-state index contributed by atoms with van der Waals surface area (Å²) < 4.78 is 28.9. The summed E-state index contributed by atoms with van der Waals surface area (Å²) in [5.41, 5.74) is 0.374. The molecule has 29 heavy (non-hydrogen) atoms. The number of hydrogen-bond donors (Lipinski definition) is 1. The topological polar surface area (TPSA) is 110 Å². The van der Waals surface area contributed by atoms with Gasteiger partial charge in [-0.2, -0.15) is 4.31 Å². The van der Waals surface area contributed by atoms with Crippen molar-refractivity contribution in [2.24, 2.45) is 0 Å². The fourth-order valence-electron chi connectivity index (χ4n) is 2.95. The summed E-state index contributed by atoms with van der Waals surface area (Å²) in [6.45, 7) is 4.85. The molecule has 12 heteroatoms. The number of hydrogen-bond acceptors (Lipinski definition) is 7. The van der Waals surface area contributed by atoms with Crippen molar-refractivity contribution >= 4 is 45.0 Å². The highest BCUT2D eigenvalue weighted by Crippen LogP contribution is 2.29. The summed E-state index contributed by atoms with van der Waals surface area (Å²) in [5.74, 6) is -0.207. The molecule has 3 rings (SSSR count). The van der Waals surface area contributed by atoms with Crippen LogP contribution < -0.4 is 5.32 Å². The van der Waals surface area contributed by atoms with Gasteiger partial charge in [0.05, 0.1) is 16.8 Å². The Hall–Kier alpha value is -1.69. The van der Waals surface area contributed by atoms with Gasteiger partial charge in [0.2, 0.25) is 21.1 Å². The Labute approximate surface area is 179 Å². The van der Waals surface area contributed by atoms with E-state index in [2.05, 4.69) is 20.8 Å². The molecule has 1 fully saturated rings. The molecule has 1 aromatic carbocycles. The molecule has 1 aliphatic rings. The van der Waals surface area contributed by atoms with Gasteiger partial charge in [0.1, 0.15) is 4.90 Å². The van der Waals surface area contributed by atoms with Crippen LogP contribution in [-0.2, 0) is 14.8 Å². The number of thioether (sulfide) groups is 1. The fourth-order valence-corrected chi connectivity index (χ4v) is 5.78. The molecule has 9 nitrogen and oxygen atoms in total. The summed E-state index contributed by atoms with van der Waals surface area (Å²) in [5, 5.41) is 14.8. The maximum Gasteiger partial charge on any atom is 0.244 e. The first-order valence-electron chi connectivity index (χ1n) is 9.29. The molecule has 0 unspecified atom stereocenters. The standard InChI is InChI=1S/C17H23ClN6O3S2/c1-12(2)24-17(20-21-22-24)28-11-16(25)19-13-6-7-14(18)15(10-13)29(26,27)23-8-4-3-5-9-23/h6-7,10,12H,3-5,8-9,11H2,1-2H3,(H,19,25). The van der Waals surface area contributed by atoms with Crippen molar-refractivity contribution < 1.29 is 13.2 Å². The molecule has 0 saturated carbocycles. The summed E-state index contributed by atoms with van der Waals surface area (Å²) in [6.07, 6.45) is 2.69. The van der Waals surface area contributed by atoms with Crippen LogP contribution in [0.2, 0.25) is 5.02 Å². The number of aromatic nitrogens is 4. The molecule has 1 N–H and O–H groups in total. The lowest BCUT2D eigenvalue weighted by Crippen LogP contribution is -2.35. The van der Waals surface area contributed by atoms with Crippen molar-refractivity contribution in [3.05, 3.63) is 23.2 Å². The van der Waals surface area contributed by atoms with Gasteiger partial charge in [-0.3, -0.25) is 4.79 Å². The lowest BCUT2D eigenvalue weighted by molar-refractivity contribution is -0.113. The number of piperidine rings is 1. The number of rotatable bonds is 7. The van der Waals surface area contributed by atoms with E-state index in [0.29, 0.717) is 23.9 Å². The second kappa shape index (κ2) is 9.41. The van der Waals surface area contributed by atoms with Gasteiger partial charge in [-0.05, 0) is 55.3 Å². The van der Waals surface area contributed by atoms with Crippen LogP contribution in [-0.4, -0.2) is 57.7 Å². The van der Waals surface area contributed by atoms with Crippen molar-refractivity contribution in [3.63, 3.8) is 0 Å². The Morgan fingerprint density at radius 2 is 2.00 bits per heavy atom. The Kier molecular flexibility index (Phi) is 7.14. The molecule has 1 aliphatic heterocycles. The van der Waals surface area contributed by atoms with Crippen LogP contribution in [0.1, 0.15) is 39.2 Å². The number of tetrazole rings is 1. The zero-order chi connectivity index (χ0) is 21.0. The van der Waals surface area contributed by atoms with Gasteiger partial charge in [-0.1, -0.05) is 29.8 Å². The molecule has 2 aromatic rings. The second-order valence-electron chi connectivity index (χ2n) is 6.95. The number of nitrogens with one attached hydrogen (secondary N) is 1. The highest BCUT2D eigenvalue weighted by Gasteiger charge is 2.28. The summed E-state index contributed by atoms with van der Waals surface area (Å²) in [7, 11) is -3.70. The minimum atomic E-state index is -3.70. The van der Waals surface area contributed by atoms with E-state index in [4.69, 9.17) is 11.6 Å². The highest BCUT2D eigenvalue weighted by molar-refractivity contribution is 7.99. The summed E-state index contributed by atoms with van der Waals surface area (Å²) >= 11 is 7.37. The minimum Gasteiger partial charge on any atom is -0.325 e. The van der Waals surface area contributed by atoms with E-state index < -0.39 is 10.0 Å². The van der Waals surface area contributed by atoms with Gasteiger partial charge >= 0.3 is 0 Å². The maximum absolute atomic E-state index is 12.9. The van der Waals surface area contributed by atoms with Crippen molar-refractivity contribution in [3.8, 4) is 0 Å². The van der Waals surface area contributed by atoms with Crippen LogP contribution >= 0.6 is 23.4 Å². The number of halogens is 1. The lowest BCUT2D eigenvalue weighted by Gasteiger charge is -2.26. The minimum absolute atomic E-state index is 0.00951. The van der Waals surface area contributed by atoms with Crippen LogP contribution in [0.5, 0.6) is 0 Å². The third-order valence-corrected chi connectivity index (χ3v) is 7.75. The van der Waals surface area contributed by atoms with Gasteiger partial charge in [0.25, 0.3) is 0 Å². The van der Waals surface area contributed by atoms with Crippen LogP contribution in [0.15, 0.2) is 28.3 Å². The van der Waals surface area contributed by atoms with Crippen molar-refractivity contribution in [1.82, 2.24) is 24.5 Å². The third-order valence-electron chi connectivity index (χ3n) is 4.43. The number of anilines is 1. The van der Waals surface area contributed by atoms with Crippen molar-refractivity contribution in [1.29, 1.82) is 0 Å². The molecule has 158 valence electrons. The Morgan fingerprint density at radius 1 is 1.28 bits per heavy atom. The van der Waals surface area contributed by atoms with E-state index in [1.54, 1.807) is 10.7 Å². The van der Waals surface area contributed by atoms with Crippen LogP contribution in [0.4, 0.5) is 5.69 Å². The quantitative estimate of drug-likeness (QED) is 0.635. The number of carbonyl (C=O) groups is 1. The number of carbonyl (C=O) groups excluding carboxylic acids is 1. The van der Waals surface area contributed by atoms with Gasteiger partial charge in [-0.15, -0.1) is 5.10 Å². The number of benzene rings is 1. The Morgan fingerprint density at radius 3 is 2.69 bits per heavy atom. The smallest absolute Gasteiger partial charge is 0.244 e. The molecule has 1 aromatic heterocycles. The largest absolute Gasteiger partial charge is 0.325 e. The molecule has 0 spiro atoms. The zero-order valence-corrected chi connectivity index (χ0v) is 18.6. The number of amides is 1. The Balaban J connectivity index is 1.69. The van der Waals surface area contributed by atoms with E-state index in [9.17, 15) is 13.2 Å². The van der Waals surface area contributed by atoms with E-state index >= 15 is 0 Å². The molecule has 0 radical (unpaired) electrons. The normalized spacial score (nSPS) is 15.6. The molecule has 0 aliphatic carbocycles. The zero-order valence-electron chi connectivity index (χ0n) is 16.2. The fraction of sp³-hybridized carbons (Fsp3) is 0.529. The first-order chi connectivity index (χ1) is 13.8. The first-order valence-corrected chi connectivity index (χ1v) is 12.1. The van der Waals surface area contributed by atoms with E-state index in [1.807, 2.05) is 13.8 Å². The molecule has 1 saturated heterocycles. The summed E-state index contributed by atoms with van der Waals surface area (Å²) in [4.78, 5) is 12.3. The second-order valence-corrected chi connectivity index (χ2v) is 10.2. The van der Waals surface area contributed by atoms with Crippen molar-refractivity contribution in [2.45, 2.75) is 49.2 Å². The predicted octanol–water partition coefficient (Wildman–Crippen LogP) is 2.81. The monoisotopic (exact) mass is 458 g/mol. The van der Waals surface area contributed by atoms with E-state index in [0.717, 1.165) is 19.3 Å². The average molecular weight is 459 g/mol. The molecule has 1 amide bonds. The number of nitrogens with zero attached hydrogens (tertiary/aromatic N) is 5. The van der Waals surface area contributed by atoms with Gasteiger partial charge < -0.3 is 5.32 Å². The van der Waals surface area contributed by atoms with E-state index in [-0.39, 0.29) is 27.6 Å². The molecular formula is C17H23ClN6O3S2. The summed E-state index contributed by atoms with van der Waals surface area (Å²) in [6, 6.07) is 4.56. The maximum atomic E-state index is 12.9. The van der Waals surface area contributed by atoms with Gasteiger partial charge in [-0.25, -0.2) is 13.1 Å². The van der Waals surface area contributed by atoms with Gasteiger partial charge in [0, 0.05) is 18.8 Å². The SMILES string of the molecule is CC(C)n1nnnc1SCC(=O)Nc1ccc(Cl)c(S(=O)(=O)N2CCCCC2)c1. The molecule has 2 heterocycles. The highest BCUT2D eigenvalue weighted by atomic mass is 35.5.